The SMILES string of the molecule is COCc1ccc(-c2ccc(N(C)C(=O)C(C)(C)Oc3ccc(F)cc3)cc2)c(F)c1. The minimum absolute atomic E-state index is 0.278. The maximum Gasteiger partial charge on any atom is 0.270 e. The van der Waals surface area contributed by atoms with Gasteiger partial charge in [-0.3, -0.25) is 4.79 Å². The van der Waals surface area contributed by atoms with E-state index in [2.05, 4.69) is 0 Å². The quantitative estimate of drug-likeness (QED) is 0.495. The van der Waals surface area contributed by atoms with Gasteiger partial charge in [0.25, 0.3) is 5.91 Å². The van der Waals surface area contributed by atoms with Crippen LogP contribution < -0.4 is 9.64 Å². The molecule has 0 aliphatic heterocycles. The van der Waals surface area contributed by atoms with Crippen LogP contribution in [0.15, 0.2) is 66.7 Å². The largest absolute Gasteiger partial charge is 0.478 e. The number of likely N-dealkylation sites (N-methyl/N-ethyl adjacent to an activating group) is 1. The zero-order chi connectivity index (χ0) is 22.6. The van der Waals surface area contributed by atoms with Crippen molar-refractivity contribution in [3.8, 4) is 16.9 Å². The summed E-state index contributed by atoms with van der Waals surface area (Å²) in [6.45, 7) is 3.65. The highest BCUT2D eigenvalue weighted by atomic mass is 19.1. The number of anilines is 1. The molecular weight excluding hydrogens is 400 g/mol. The normalized spacial score (nSPS) is 11.3. The van der Waals surface area contributed by atoms with Gasteiger partial charge in [0.2, 0.25) is 0 Å². The Labute approximate surface area is 181 Å². The maximum absolute atomic E-state index is 14.5. The van der Waals surface area contributed by atoms with Gasteiger partial charge >= 0.3 is 0 Å². The van der Waals surface area contributed by atoms with Gasteiger partial charge in [0.15, 0.2) is 5.60 Å². The van der Waals surface area contributed by atoms with Crippen molar-refractivity contribution >= 4 is 11.6 Å². The van der Waals surface area contributed by atoms with E-state index in [-0.39, 0.29) is 17.5 Å². The summed E-state index contributed by atoms with van der Waals surface area (Å²) in [4.78, 5) is 14.5. The highest BCUT2D eigenvalue weighted by Crippen LogP contribution is 2.28. The van der Waals surface area contributed by atoms with Crippen LogP contribution in [0.1, 0.15) is 19.4 Å². The molecule has 0 N–H and O–H groups in total. The molecule has 0 atom stereocenters. The Morgan fingerprint density at radius 2 is 1.61 bits per heavy atom. The highest BCUT2D eigenvalue weighted by molar-refractivity contribution is 5.98. The molecule has 0 bridgehead atoms. The van der Waals surface area contributed by atoms with Crippen LogP contribution in [0, 0.1) is 11.6 Å². The first-order chi connectivity index (χ1) is 14.7. The van der Waals surface area contributed by atoms with Gasteiger partial charge in [0.1, 0.15) is 17.4 Å². The summed E-state index contributed by atoms with van der Waals surface area (Å²) in [5.41, 5.74) is 1.40. The Kier molecular flexibility index (Phi) is 6.71. The summed E-state index contributed by atoms with van der Waals surface area (Å²) < 4.78 is 38.4. The van der Waals surface area contributed by atoms with Crippen molar-refractivity contribution in [2.24, 2.45) is 0 Å². The zero-order valence-electron chi connectivity index (χ0n) is 18.0. The third-order valence-corrected chi connectivity index (χ3v) is 4.92. The molecular formula is C25H25F2NO3. The molecule has 31 heavy (non-hydrogen) atoms. The lowest BCUT2D eigenvalue weighted by Gasteiger charge is -2.30. The summed E-state index contributed by atoms with van der Waals surface area (Å²) in [6, 6.07) is 17.5. The second-order valence-electron chi connectivity index (χ2n) is 7.72. The number of nitrogens with zero attached hydrogens (tertiary/aromatic N) is 1. The van der Waals surface area contributed by atoms with E-state index in [0.717, 1.165) is 5.56 Å². The van der Waals surface area contributed by atoms with Crippen LogP contribution >= 0.6 is 0 Å². The van der Waals surface area contributed by atoms with Crippen molar-refractivity contribution < 1.29 is 23.0 Å². The number of halogens is 2. The van der Waals surface area contributed by atoms with Gasteiger partial charge in [-0.2, -0.15) is 0 Å². The minimum Gasteiger partial charge on any atom is -0.478 e. The monoisotopic (exact) mass is 425 g/mol. The molecule has 0 radical (unpaired) electrons. The van der Waals surface area contributed by atoms with Crippen molar-refractivity contribution in [2.45, 2.75) is 26.1 Å². The van der Waals surface area contributed by atoms with Gasteiger partial charge in [0.05, 0.1) is 6.61 Å². The van der Waals surface area contributed by atoms with Crippen LogP contribution in [0.25, 0.3) is 11.1 Å². The second-order valence-corrected chi connectivity index (χ2v) is 7.72. The predicted octanol–water partition coefficient (Wildman–Crippen LogP) is 5.60. The van der Waals surface area contributed by atoms with E-state index in [0.29, 0.717) is 29.2 Å². The maximum atomic E-state index is 14.5. The summed E-state index contributed by atoms with van der Waals surface area (Å²) in [7, 11) is 3.21. The van der Waals surface area contributed by atoms with Crippen molar-refractivity contribution in [2.75, 3.05) is 19.1 Å². The number of rotatable bonds is 7. The lowest BCUT2D eigenvalue weighted by atomic mass is 10.0. The first kappa shape index (κ1) is 22.4. The molecule has 6 heteroatoms. The van der Waals surface area contributed by atoms with Crippen molar-refractivity contribution in [3.05, 3.63) is 83.9 Å². The van der Waals surface area contributed by atoms with E-state index in [1.54, 1.807) is 58.3 Å². The number of hydrogen-bond acceptors (Lipinski definition) is 3. The molecule has 1 amide bonds. The van der Waals surface area contributed by atoms with Crippen LogP contribution in [0.4, 0.5) is 14.5 Å². The van der Waals surface area contributed by atoms with Crippen LogP contribution in [-0.2, 0) is 16.1 Å². The molecule has 0 aromatic heterocycles. The van der Waals surface area contributed by atoms with Crippen molar-refractivity contribution in [1.82, 2.24) is 0 Å². The smallest absolute Gasteiger partial charge is 0.270 e. The average Bonchev–Trinajstić information content (AvgIpc) is 2.75. The number of benzene rings is 3. The molecule has 0 fully saturated rings. The molecule has 0 heterocycles. The first-order valence-electron chi connectivity index (χ1n) is 9.82. The molecule has 3 rings (SSSR count). The van der Waals surface area contributed by atoms with Gasteiger partial charge in [-0.25, -0.2) is 8.78 Å². The fraction of sp³-hybridized carbons (Fsp3) is 0.240. The molecule has 0 spiro atoms. The molecule has 0 aliphatic carbocycles. The van der Waals surface area contributed by atoms with Crippen LogP contribution in [0.2, 0.25) is 0 Å². The molecule has 0 saturated heterocycles. The summed E-state index contributed by atoms with van der Waals surface area (Å²) >= 11 is 0. The Balaban J connectivity index is 1.75. The second kappa shape index (κ2) is 9.27. The fourth-order valence-corrected chi connectivity index (χ4v) is 3.28. The predicted molar refractivity (Wildman–Crippen MR) is 117 cm³/mol. The highest BCUT2D eigenvalue weighted by Gasteiger charge is 2.33. The standard InChI is InChI=1S/C25H25F2NO3/c1-25(2,31-21-12-8-19(26)9-13-21)24(29)28(3)20-10-6-18(7-11-20)22-14-5-17(16-30-4)15-23(22)27/h5-15H,16H2,1-4H3. The van der Waals surface area contributed by atoms with Crippen LogP contribution in [0.3, 0.4) is 0 Å². The Morgan fingerprint density at radius 3 is 2.19 bits per heavy atom. The van der Waals surface area contributed by atoms with E-state index in [1.165, 1.54) is 35.2 Å². The zero-order valence-corrected chi connectivity index (χ0v) is 18.0. The van der Waals surface area contributed by atoms with E-state index in [9.17, 15) is 13.6 Å². The third kappa shape index (κ3) is 5.27. The van der Waals surface area contributed by atoms with E-state index in [4.69, 9.17) is 9.47 Å². The number of methoxy groups -OCH3 is 1. The minimum atomic E-state index is -1.17. The number of carbonyl (C=O) groups excluding carboxylic acids is 1. The lowest BCUT2D eigenvalue weighted by molar-refractivity contribution is -0.131. The van der Waals surface area contributed by atoms with E-state index >= 15 is 0 Å². The topological polar surface area (TPSA) is 38.8 Å². The van der Waals surface area contributed by atoms with Crippen LogP contribution in [-0.4, -0.2) is 25.7 Å². The number of hydrogen-bond donors (Lipinski definition) is 0. The molecule has 0 unspecified atom stereocenters. The van der Waals surface area contributed by atoms with E-state index in [1.807, 2.05) is 6.07 Å². The lowest BCUT2D eigenvalue weighted by Crippen LogP contribution is -2.47. The van der Waals surface area contributed by atoms with Crippen molar-refractivity contribution in [1.29, 1.82) is 0 Å². The Bertz CT molecular complexity index is 1050. The summed E-state index contributed by atoms with van der Waals surface area (Å²) in [5.74, 6) is -0.588. The summed E-state index contributed by atoms with van der Waals surface area (Å²) in [5, 5.41) is 0. The molecule has 0 aliphatic rings. The van der Waals surface area contributed by atoms with Gasteiger partial charge < -0.3 is 14.4 Å². The number of ether oxygens (including phenoxy) is 2. The third-order valence-electron chi connectivity index (χ3n) is 4.92. The molecule has 4 nitrogen and oxygen atoms in total. The first-order valence-corrected chi connectivity index (χ1v) is 9.82. The number of amides is 1. The molecule has 3 aromatic rings. The molecule has 3 aromatic carbocycles. The fourth-order valence-electron chi connectivity index (χ4n) is 3.28. The Hall–Kier alpha value is -3.25. The number of carbonyl (C=O) groups is 1. The van der Waals surface area contributed by atoms with Crippen molar-refractivity contribution in [3.63, 3.8) is 0 Å². The molecule has 162 valence electrons. The van der Waals surface area contributed by atoms with Gasteiger partial charge in [-0.05, 0) is 67.4 Å². The summed E-state index contributed by atoms with van der Waals surface area (Å²) in [6.07, 6.45) is 0. The molecule has 0 saturated carbocycles. The van der Waals surface area contributed by atoms with Gasteiger partial charge in [0, 0.05) is 25.4 Å². The van der Waals surface area contributed by atoms with Crippen LogP contribution in [0.5, 0.6) is 5.75 Å². The average molecular weight is 425 g/mol. The van der Waals surface area contributed by atoms with E-state index < -0.39 is 5.60 Å². The van der Waals surface area contributed by atoms with Gasteiger partial charge in [-0.1, -0.05) is 24.3 Å². The Morgan fingerprint density at radius 1 is 0.968 bits per heavy atom. The van der Waals surface area contributed by atoms with Gasteiger partial charge in [-0.15, -0.1) is 0 Å².